The Morgan fingerprint density at radius 3 is 2.52 bits per heavy atom. The Balaban J connectivity index is 1.28. The molecule has 0 N–H and O–H groups in total. The number of piperazine rings is 1. The maximum Gasteiger partial charge on any atom is 0.140 e. The quantitative estimate of drug-likeness (QED) is 0.542. The highest BCUT2D eigenvalue weighted by molar-refractivity contribution is 7.09. The molecule has 164 valence electrons. The average Bonchev–Trinajstić information content (AvgIpc) is 3.20. The highest BCUT2D eigenvalue weighted by Gasteiger charge is 2.20. The van der Waals surface area contributed by atoms with Crippen molar-refractivity contribution < 1.29 is 9.13 Å². The molecule has 3 aromatic rings. The minimum absolute atomic E-state index is 0.265. The van der Waals surface area contributed by atoms with Crippen LogP contribution in [0.25, 0.3) is 0 Å². The minimum atomic E-state index is -0.265. The van der Waals surface area contributed by atoms with Crippen molar-refractivity contribution in [2.24, 2.45) is 0 Å². The maximum absolute atomic E-state index is 13.0. The Bertz CT molecular complexity index is 999. The molecule has 1 aliphatic heterocycles. The van der Waals surface area contributed by atoms with Gasteiger partial charge in [-0.2, -0.15) is 0 Å². The van der Waals surface area contributed by atoms with Crippen LogP contribution in [0.2, 0.25) is 0 Å². The maximum atomic E-state index is 13.0. The van der Waals surface area contributed by atoms with Crippen LogP contribution < -0.4 is 9.64 Å². The summed E-state index contributed by atoms with van der Waals surface area (Å²) in [4.78, 5) is 18.8. The van der Waals surface area contributed by atoms with E-state index in [0.717, 1.165) is 60.8 Å². The van der Waals surface area contributed by atoms with Gasteiger partial charge in [-0.25, -0.2) is 19.3 Å². The summed E-state index contributed by atoms with van der Waals surface area (Å²) < 4.78 is 18.7. The predicted octanol–water partition coefficient (Wildman–Crippen LogP) is 4.41. The number of halogens is 1. The summed E-state index contributed by atoms with van der Waals surface area (Å²) >= 11 is 1.60. The molecule has 31 heavy (non-hydrogen) atoms. The highest BCUT2D eigenvalue weighted by atomic mass is 32.1. The molecule has 0 aliphatic carbocycles. The van der Waals surface area contributed by atoms with Crippen LogP contribution in [0.1, 0.15) is 42.0 Å². The van der Waals surface area contributed by atoms with Gasteiger partial charge in [-0.3, -0.25) is 4.90 Å². The lowest BCUT2D eigenvalue weighted by Gasteiger charge is -2.35. The van der Waals surface area contributed by atoms with Crippen LogP contribution in [0.3, 0.4) is 0 Å². The van der Waals surface area contributed by atoms with Crippen LogP contribution in [-0.2, 0) is 13.2 Å². The Hall–Kier alpha value is -2.58. The predicted molar refractivity (Wildman–Crippen MR) is 121 cm³/mol. The Morgan fingerprint density at radius 2 is 1.81 bits per heavy atom. The minimum Gasteiger partial charge on any atom is -0.486 e. The van der Waals surface area contributed by atoms with Crippen LogP contribution >= 0.6 is 11.3 Å². The van der Waals surface area contributed by atoms with Crippen molar-refractivity contribution in [3.8, 4) is 5.75 Å². The normalized spacial score (nSPS) is 14.9. The van der Waals surface area contributed by atoms with Crippen LogP contribution in [0, 0.1) is 12.7 Å². The molecule has 0 spiro atoms. The fraction of sp³-hybridized carbons (Fsp3) is 0.435. The van der Waals surface area contributed by atoms with E-state index in [9.17, 15) is 4.39 Å². The number of benzene rings is 1. The molecule has 2 aromatic heterocycles. The lowest BCUT2D eigenvalue weighted by atomic mass is 10.2. The molecule has 4 rings (SSSR count). The summed E-state index contributed by atoms with van der Waals surface area (Å²) in [5.41, 5.74) is 2.09. The van der Waals surface area contributed by atoms with Gasteiger partial charge in [0.25, 0.3) is 0 Å². The fourth-order valence-electron chi connectivity index (χ4n) is 3.52. The molecule has 8 heteroatoms. The smallest absolute Gasteiger partial charge is 0.140 e. The van der Waals surface area contributed by atoms with E-state index in [2.05, 4.69) is 40.1 Å². The third-order valence-corrected chi connectivity index (χ3v) is 6.10. The second-order valence-electron chi connectivity index (χ2n) is 8.12. The summed E-state index contributed by atoms with van der Waals surface area (Å²) in [5, 5.41) is 3.02. The van der Waals surface area contributed by atoms with E-state index in [1.807, 2.05) is 6.92 Å². The molecule has 1 fully saturated rings. The number of rotatable bonds is 7. The number of nitrogens with zero attached hydrogens (tertiary/aromatic N) is 5. The molecule has 0 unspecified atom stereocenters. The van der Waals surface area contributed by atoms with Gasteiger partial charge in [-0.15, -0.1) is 11.3 Å². The first-order valence-electron chi connectivity index (χ1n) is 10.6. The molecular formula is C23H28FN5OS. The molecule has 0 saturated carbocycles. The van der Waals surface area contributed by atoms with Gasteiger partial charge in [0, 0.05) is 55.8 Å². The Morgan fingerprint density at radius 1 is 1.06 bits per heavy atom. The number of aromatic nitrogens is 3. The van der Waals surface area contributed by atoms with Gasteiger partial charge < -0.3 is 9.64 Å². The number of hydrogen-bond donors (Lipinski definition) is 0. The zero-order chi connectivity index (χ0) is 21.8. The topological polar surface area (TPSA) is 54.4 Å². The lowest BCUT2D eigenvalue weighted by Crippen LogP contribution is -2.46. The molecule has 1 aromatic carbocycles. The molecule has 0 bridgehead atoms. The first-order valence-corrected chi connectivity index (χ1v) is 11.5. The largest absolute Gasteiger partial charge is 0.486 e. The van der Waals surface area contributed by atoms with Crippen molar-refractivity contribution in [3.63, 3.8) is 0 Å². The van der Waals surface area contributed by atoms with Crippen molar-refractivity contribution in [3.05, 3.63) is 63.7 Å². The molecule has 0 amide bonds. The van der Waals surface area contributed by atoms with E-state index < -0.39 is 0 Å². The van der Waals surface area contributed by atoms with Crippen LogP contribution in [-0.4, -0.2) is 46.0 Å². The number of thiazole rings is 1. The van der Waals surface area contributed by atoms with Gasteiger partial charge in [0.1, 0.15) is 34.8 Å². The summed E-state index contributed by atoms with van der Waals surface area (Å²) in [6.45, 7) is 11.4. The van der Waals surface area contributed by atoms with E-state index in [0.29, 0.717) is 18.3 Å². The van der Waals surface area contributed by atoms with Gasteiger partial charge in [-0.1, -0.05) is 13.8 Å². The molecule has 1 aliphatic rings. The molecule has 6 nitrogen and oxygen atoms in total. The first kappa shape index (κ1) is 21.6. The molecule has 0 radical (unpaired) electrons. The molecule has 1 saturated heterocycles. The zero-order valence-electron chi connectivity index (χ0n) is 18.2. The van der Waals surface area contributed by atoms with Crippen molar-refractivity contribution in [2.75, 3.05) is 31.1 Å². The number of hydrogen-bond acceptors (Lipinski definition) is 7. The SMILES string of the molecule is Cc1cc(N2CCN(Cc3csc(COc4ccc(F)cc4)n3)CC2)nc(C(C)C)n1. The standard InChI is InChI=1S/C23H28FN5OS/c1-16(2)23-25-17(3)12-21(27-23)29-10-8-28(9-11-29)13-19-15-31-22(26-19)14-30-20-6-4-18(24)5-7-20/h4-7,12,15-16H,8-11,13-14H2,1-3H3. The summed E-state index contributed by atoms with van der Waals surface area (Å²) in [5.74, 6) is 2.65. The zero-order valence-corrected chi connectivity index (χ0v) is 19.0. The number of anilines is 1. The summed E-state index contributed by atoms with van der Waals surface area (Å²) in [7, 11) is 0. The van der Waals surface area contributed by atoms with E-state index >= 15 is 0 Å². The van der Waals surface area contributed by atoms with Gasteiger partial charge in [0.15, 0.2) is 0 Å². The van der Waals surface area contributed by atoms with E-state index in [4.69, 9.17) is 14.7 Å². The lowest BCUT2D eigenvalue weighted by molar-refractivity contribution is 0.246. The van der Waals surface area contributed by atoms with E-state index in [1.54, 1.807) is 23.5 Å². The second-order valence-corrected chi connectivity index (χ2v) is 9.06. The van der Waals surface area contributed by atoms with E-state index in [1.165, 1.54) is 12.1 Å². The van der Waals surface area contributed by atoms with Gasteiger partial charge in [0.2, 0.25) is 0 Å². The first-order chi connectivity index (χ1) is 15.0. The van der Waals surface area contributed by atoms with Crippen molar-refractivity contribution in [1.82, 2.24) is 19.9 Å². The van der Waals surface area contributed by atoms with Crippen LogP contribution in [0.4, 0.5) is 10.2 Å². The van der Waals surface area contributed by atoms with Crippen molar-refractivity contribution >= 4 is 17.2 Å². The number of aryl methyl sites for hydroxylation is 1. The van der Waals surface area contributed by atoms with Crippen molar-refractivity contribution in [1.29, 1.82) is 0 Å². The Kier molecular flexibility index (Phi) is 6.77. The fourth-order valence-corrected chi connectivity index (χ4v) is 4.22. The average molecular weight is 442 g/mol. The van der Waals surface area contributed by atoms with Crippen molar-refractivity contribution in [2.45, 2.75) is 39.8 Å². The molecule has 0 atom stereocenters. The third kappa shape index (κ3) is 5.77. The van der Waals surface area contributed by atoms with E-state index in [-0.39, 0.29) is 5.82 Å². The highest BCUT2D eigenvalue weighted by Crippen LogP contribution is 2.20. The molecule has 3 heterocycles. The summed E-state index contributed by atoms with van der Waals surface area (Å²) in [6.07, 6.45) is 0. The van der Waals surface area contributed by atoms with Crippen LogP contribution in [0.5, 0.6) is 5.75 Å². The number of ether oxygens (including phenoxy) is 1. The van der Waals surface area contributed by atoms with Crippen LogP contribution in [0.15, 0.2) is 35.7 Å². The molecular weight excluding hydrogens is 413 g/mol. The monoisotopic (exact) mass is 441 g/mol. The second kappa shape index (κ2) is 9.70. The summed E-state index contributed by atoms with van der Waals surface area (Å²) in [6, 6.07) is 8.14. The third-order valence-electron chi connectivity index (χ3n) is 5.23. The van der Waals surface area contributed by atoms with Gasteiger partial charge >= 0.3 is 0 Å². The Labute approximate surface area is 186 Å². The van der Waals surface area contributed by atoms with Gasteiger partial charge in [0.05, 0.1) is 5.69 Å². The van der Waals surface area contributed by atoms with Gasteiger partial charge in [-0.05, 0) is 31.2 Å².